The van der Waals surface area contributed by atoms with Crippen LogP contribution >= 0.6 is 0 Å². The predicted molar refractivity (Wildman–Crippen MR) is 44.8 cm³/mol. The molecule has 1 unspecified atom stereocenters. The van der Waals surface area contributed by atoms with Gasteiger partial charge in [-0.15, -0.1) is 0 Å². The Labute approximate surface area is 75.9 Å². The van der Waals surface area contributed by atoms with Crippen molar-refractivity contribution in [1.82, 2.24) is 9.80 Å². The quantitative estimate of drug-likeness (QED) is 0.510. The summed E-state index contributed by atoms with van der Waals surface area (Å²) in [6.45, 7) is 0.107. The summed E-state index contributed by atoms with van der Waals surface area (Å²) in [6.07, 6.45) is -0.834. The number of carbonyl (C=O) groups is 2. The third kappa shape index (κ3) is 1.96. The summed E-state index contributed by atoms with van der Waals surface area (Å²) >= 11 is 0. The fraction of sp³-hybridized carbons (Fsp3) is 0.714. The molecule has 1 aliphatic rings. The summed E-state index contributed by atoms with van der Waals surface area (Å²) in [5, 5.41) is 9.15. The molecule has 13 heavy (non-hydrogen) atoms. The van der Waals surface area contributed by atoms with Crippen LogP contribution in [0.3, 0.4) is 0 Å². The van der Waals surface area contributed by atoms with Gasteiger partial charge in [0.15, 0.2) is 0 Å². The number of nitrogens with two attached hydrogens (primary N) is 1. The van der Waals surface area contributed by atoms with Gasteiger partial charge in [-0.05, 0) is 0 Å². The Kier molecular flexibility index (Phi) is 2.84. The van der Waals surface area contributed by atoms with Gasteiger partial charge in [0.2, 0.25) is 5.91 Å². The van der Waals surface area contributed by atoms with Gasteiger partial charge in [-0.3, -0.25) is 9.69 Å². The van der Waals surface area contributed by atoms with E-state index in [0.29, 0.717) is 0 Å². The van der Waals surface area contributed by atoms with Crippen LogP contribution in [0.1, 0.15) is 0 Å². The topological polar surface area (TPSA) is 86.9 Å². The molecule has 3 amide bonds. The molecule has 0 saturated carbocycles. The number of aliphatic hydroxyl groups is 1. The monoisotopic (exact) mass is 187 g/mol. The zero-order valence-corrected chi connectivity index (χ0v) is 7.43. The first kappa shape index (κ1) is 9.94. The first-order valence-electron chi connectivity index (χ1n) is 4.00. The highest BCUT2D eigenvalue weighted by atomic mass is 16.3. The van der Waals surface area contributed by atoms with E-state index in [1.54, 1.807) is 0 Å². The molecule has 0 bridgehead atoms. The zero-order valence-electron chi connectivity index (χ0n) is 7.43. The predicted octanol–water partition coefficient (Wildman–Crippen LogP) is -1.80. The van der Waals surface area contributed by atoms with Crippen LogP contribution in [0.25, 0.3) is 0 Å². The zero-order chi connectivity index (χ0) is 10.0. The summed E-state index contributed by atoms with van der Waals surface area (Å²) in [5.74, 6) is -0.292. The molecule has 1 atom stereocenters. The number of likely N-dealkylation sites (N-methyl/N-ethyl adjacent to an activating group) is 1. The third-order valence-electron chi connectivity index (χ3n) is 1.90. The van der Waals surface area contributed by atoms with Crippen molar-refractivity contribution in [1.29, 1.82) is 0 Å². The maximum Gasteiger partial charge on any atom is 0.327 e. The summed E-state index contributed by atoms with van der Waals surface area (Å²) in [6, 6.07) is -0.377. The van der Waals surface area contributed by atoms with Gasteiger partial charge < -0.3 is 15.7 Å². The molecule has 0 radical (unpaired) electrons. The Morgan fingerprint density at radius 1 is 1.62 bits per heavy atom. The molecule has 0 aromatic rings. The molecular weight excluding hydrogens is 174 g/mol. The average molecular weight is 187 g/mol. The van der Waals surface area contributed by atoms with E-state index in [1.807, 2.05) is 0 Å². The Hall–Kier alpha value is -1.14. The molecule has 1 rings (SSSR count). The molecular formula is C7H13N3O3. The fourth-order valence-electron chi connectivity index (χ4n) is 1.13. The minimum Gasteiger partial charge on any atom is -0.390 e. The van der Waals surface area contributed by atoms with E-state index in [-0.39, 0.29) is 31.6 Å². The second kappa shape index (κ2) is 3.71. The Bertz CT molecular complexity index is 231. The van der Waals surface area contributed by atoms with Gasteiger partial charge in [0.1, 0.15) is 6.54 Å². The van der Waals surface area contributed by atoms with Crippen molar-refractivity contribution < 1.29 is 14.7 Å². The third-order valence-corrected chi connectivity index (χ3v) is 1.90. The molecule has 1 saturated heterocycles. The maximum absolute atomic E-state index is 11.2. The van der Waals surface area contributed by atoms with E-state index in [0.717, 1.165) is 4.90 Å². The number of aliphatic hydroxyl groups excluding tert-OH is 1. The van der Waals surface area contributed by atoms with Gasteiger partial charge in [0, 0.05) is 13.6 Å². The second-order valence-corrected chi connectivity index (χ2v) is 3.03. The number of urea groups is 1. The molecule has 74 valence electrons. The standard InChI is InChI=1S/C7H13N3O3/c1-9-4-6(12)10(7(9)13)3-5(11)2-8/h5,11H,2-4,8H2,1H3. The van der Waals surface area contributed by atoms with Gasteiger partial charge >= 0.3 is 6.03 Å². The van der Waals surface area contributed by atoms with Crippen molar-refractivity contribution in [2.75, 3.05) is 26.7 Å². The van der Waals surface area contributed by atoms with E-state index >= 15 is 0 Å². The highest BCUT2D eigenvalue weighted by Gasteiger charge is 2.34. The highest BCUT2D eigenvalue weighted by molar-refractivity contribution is 6.01. The second-order valence-electron chi connectivity index (χ2n) is 3.03. The van der Waals surface area contributed by atoms with Crippen LogP contribution < -0.4 is 5.73 Å². The number of amides is 3. The Morgan fingerprint density at radius 2 is 2.23 bits per heavy atom. The molecule has 3 N–H and O–H groups in total. The molecule has 0 aromatic heterocycles. The smallest absolute Gasteiger partial charge is 0.327 e. The van der Waals surface area contributed by atoms with Crippen LogP contribution in [0, 0.1) is 0 Å². The minimum absolute atomic E-state index is 0.0154. The molecule has 0 aliphatic carbocycles. The van der Waals surface area contributed by atoms with Gasteiger partial charge in [-0.1, -0.05) is 0 Å². The van der Waals surface area contributed by atoms with Gasteiger partial charge in [-0.2, -0.15) is 0 Å². The van der Waals surface area contributed by atoms with E-state index in [2.05, 4.69) is 0 Å². The number of hydrogen-bond donors (Lipinski definition) is 2. The lowest BCUT2D eigenvalue weighted by atomic mass is 10.3. The van der Waals surface area contributed by atoms with E-state index in [4.69, 9.17) is 10.8 Å². The first-order chi connectivity index (χ1) is 6.06. The van der Waals surface area contributed by atoms with Crippen molar-refractivity contribution in [3.8, 4) is 0 Å². The minimum atomic E-state index is -0.834. The largest absolute Gasteiger partial charge is 0.390 e. The van der Waals surface area contributed by atoms with E-state index in [9.17, 15) is 9.59 Å². The van der Waals surface area contributed by atoms with Crippen LogP contribution in [0.15, 0.2) is 0 Å². The summed E-state index contributed by atoms with van der Waals surface area (Å²) in [5.41, 5.74) is 5.16. The van der Waals surface area contributed by atoms with Gasteiger partial charge in [0.25, 0.3) is 0 Å². The van der Waals surface area contributed by atoms with Crippen LogP contribution in [0.2, 0.25) is 0 Å². The van der Waals surface area contributed by atoms with Crippen molar-refractivity contribution in [3.05, 3.63) is 0 Å². The van der Waals surface area contributed by atoms with Crippen molar-refractivity contribution >= 4 is 11.9 Å². The van der Waals surface area contributed by atoms with Gasteiger partial charge in [0.05, 0.1) is 12.6 Å². The lowest BCUT2D eigenvalue weighted by molar-refractivity contribution is -0.126. The number of carbonyl (C=O) groups excluding carboxylic acids is 2. The highest BCUT2D eigenvalue weighted by Crippen LogP contribution is 2.07. The molecule has 1 fully saturated rings. The fourth-order valence-corrected chi connectivity index (χ4v) is 1.13. The van der Waals surface area contributed by atoms with Crippen LogP contribution in [-0.4, -0.2) is 59.6 Å². The first-order valence-corrected chi connectivity index (χ1v) is 4.00. The van der Waals surface area contributed by atoms with Crippen molar-refractivity contribution in [3.63, 3.8) is 0 Å². The number of nitrogens with zero attached hydrogens (tertiary/aromatic N) is 2. The van der Waals surface area contributed by atoms with E-state index < -0.39 is 6.10 Å². The molecule has 1 aliphatic heterocycles. The summed E-state index contributed by atoms with van der Waals surface area (Å²) in [4.78, 5) is 24.7. The number of imide groups is 1. The molecule has 0 spiro atoms. The van der Waals surface area contributed by atoms with Crippen molar-refractivity contribution in [2.45, 2.75) is 6.10 Å². The summed E-state index contributed by atoms with van der Waals surface area (Å²) < 4.78 is 0. The van der Waals surface area contributed by atoms with E-state index in [1.165, 1.54) is 11.9 Å². The van der Waals surface area contributed by atoms with Crippen LogP contribution in [0.5, 0.6) is 0 Å². The number of hydrogen-bond acceptors (Lipinski definition) is 4. The Morgan fingerprint density at radius 3 is 2.62 bits per heavy atom. The average Bonchev–Trinajstić information content (AvgIpc) is 2.32. The molecule has 1 heterocycles. The lowest BCUT2D eigenvalue weighted by Crippen LogP contribution is -2.40. The van der Waals surface area contributed by atoms with Crippen molar-refractivity contribution in [2.24, 2.45) is 5.73 Å². The molecule has 6 heteroatoms. The Balaban J connectivity index is 2.59. The molecule has 0 aromatic carbocycles. The number of rotatable bonds is 3. The normalized spacial score (nSPS) is 19.9. The maximum atomic E-state index is 11.2. The summed E-state index contributed by atoms with van der Waals surface area (Å²) in [7, 11) is 1.54. The van der Waals surface area contributed by atoms with Gasteiger partial charge in [-0.25, -0.2) is 4.79 Å². The lowest BCUT2D eigenvalue weighted by Gasteiger charge is -2.16. The molecule has 6 nitrogen and oxygen atoms in total. The van der Waals surface area contributed by atoms with Crippen LogP contribution in [0.4, 0.5) is 4.79 Å². The number of β-amino-alcohol motifs (C(OH)–C–C–N with tert-alkyl or cyclic N) is 1. The SMILES string of the molecule is CN1CC(=O)N(CC(O)CN)C1=O. The van der Waals surface area contributed by atoms with Crippen LogP contribution in [-0.2, 0) is 4.79 Å².